The quantitative estimate of drug-likeness (QED) is 0.900. The van der Waals surface area contributed by atoms with Crippen LogP contribution in [0.1, 0.15) is 24.2 Å². The van der Waals surface area contributed by atoms with Gasteiger partial charge in [-0.3, -0.25) is 4.57 Å². The number of carboxylic acid groups (broad SMARTS) is 1. The lowest BCUT2D eigenvalue weighted by molar-refractivity contribution is 0.0699. The second-order valence-electron chi connectivity index (χ2n) is 4.98. The molecule has 2 N–H and O–H groups in total. The third-order valence-corrected chi connectivity index (χ3v) is 4.37. The third kappa shape index (κ3) is 2.53. The Kier molecular flexibility index (Phi) is 3.45. The van der Waals surface area contributed by atoms with Gasteiger partial charge in [-0.25, -0.2) is 9.59 Å². The molecule has 0 aliphatic carbocycles. The maximum absolute atomic E-state index is 12.0. The molecule has 102 valence electrons. The summed E-state index contributed by atoms with van der Waals surface area (Å²) in [5.41, 5.74) is 0.866. The van der Waals surface area contributed by atoms with E-state index in [1.54, 1.807) is 28.5 Å². The van der Waals surface area contributed by atoms with Crippen molar-refractivity contribution in [3.8, 4) is 0 Å². The second kappa shape index (κ2) is 4.77. The average Bonchev–Trinajstić information content (AvgIpc) is 2.65. The number of aromatic nitrogens is 2. The standard InChI is InChI=1S/C13H16N2O3S/c1-13(2,19-3)7-15-9-6-4-5-8(11(16)17)10(9)14-12(15)18/h4-6H,7H2,1-3H3,(H,14,18)(H,16,17). The number of imidazole rings is 1. The molecule has 1 aromatic heterocycles. The predicted octanol–water partition coefficient (Wildman–Crippen LogP) is 2.17. The van der Waals surface area contributed by atoms with Crippen LogP contribution in [0.5, 0.6) is 0 Å². The number of carboxylic acids is 1. The third-order valence-electron chi connectivity index (χ3n) is 3.13. The lowest BCUT2D eigenvalue weighted by Crippen LogP contribution is -2.28. The fourth-order valence-electron chi connectivity index (χ4n) is 1.96. The van der Waals surface area contributed by atoms with Crippen molar-refractivity contribution in [1.82, 2.24) is 9.55 Å². The first-order valence-corrected chi connectivity index (χ1v) is 7.08. The van der Waals surface area contributed by atoms with Gasteiger partial charge in [0.15, 0.2) is 0 Å². The fourth-order valence-corrected chi connectivity index (χ4v) is 2.22. The number of nitrogens with zero attached hydrogens (tertiary/aromatic N) is 1. The summed E-state index contributed by atoms with van der Waals surface area (Å²) in [5.74, 6) is -1.04. The summed E-state index contributed by atoms with van der Waals surface area (Å²) in [5, 5.41) is 9.13. The van der Waals surface area contributed by atoms with Gasteiger partial charge < -0.3 is 10.1 Å². The maximum atomic E-state index is 12.0. The van der Waals surface area contributed by atoms with Crippen molar-refractivity contribution < 1.29 is 9.90 Å². The minimum Gasteiger partial charge on any atom is -0.478 e. The van der Waals surface area contributed by atoms with E-state index in [9.17, 15) is 9.59 Å². The van der Waals surface area contributed by atoms with E-state index < -0.39 is 5.97 Å². The molecule has 0 bridgehead atoms. The van der Waals surface area contributed by atoms with E-state index in [0.717, 1.165) is 0 Å². The zero-order valence-corrected chi connectivity index (χ0v) is 11.9. The van der Waals surface area contributed by atoms with E-state index in [0.29, 0.717) is 17.6 Å². The molecule has 5 nitrogen and oxygen atoms in total. The topological polar surface area (TPSA) is 75.1 Å². The van der Waals surface area contributed by atoms with Gasteiger partial charge in [0.25, 0.3) is 0 Å². The number of rotatable bonds is 4. The zero-order chi connectivity index (χ0) is 14.2. The number of nitrogens with one attached hydrogen (secondary N) is 1. The number of carbonyl (C=O) groups is 1. The molecule has 0 fully saturated rings. The van der Waals surface area contributed by atoms with Gasteiger partial charge in [0, 0.05) is 11.3 Å². The van der Waals surface area contributed by atoms with E-state index in [1.165, 1.54) is 6.07 Å². The van der Waals surface area contributed by atoms with Crippen LogP contribution in [0.25, 0.3) is 11.0 Å². The van der Waals surface area contributed by atoms with Gasteiger partial charge in [-0.15, -0.1) is 0 Å². The molecule has 0 saturated heterocycles. The number of aromatic carboxylic acids is 1. The number of H-pyrrole nitrogens is 1. The van der Waals surface area contributed by atoms with Gasteiger partial charge in [0.1, 0.15) is 0 Å². The van der Waals surface area contributed by atoms with Gasteiger partial charge in [-0.1, -0.05) is 6.07 Å². The summed E-state index contributed by atoms with van der Waals surface area (Å²) in [4.78, 5) is 25.8. The lowest BCUT2D eigenvalue weighted by Gasteiger charge is -2.22. The highest BCUT2D eigenvalue weighted by Gasteiger charge is 2.21. The molecule has 1 heterocycles. The van der Waals surface area contributed by atoms with Gasteiger partial charge in [-0.05, 0) is 32.2 Å². The number of para-hydroxylation sites is 1. The lowest BCUT2D eigenvalue weighted by atomic mass is 10.1. The molecular formula is C13H16N2O3S. The van der Waals surface area contributed by atoms with Crippen LogP contribution >= 0.6 is 11.8 Å². The molecule has 0 radical (unpaired) electrons. The van der Waals surface area contributed by atoms with Crippen LogP contribution < -0.4 is 5.69 Å². The fraction of sp³-hybridized carbons (Fsp3) is 0.385. The summed E-state index contributed by atoms with van der Waals surface area (Å²) in [6, 6.07) is 4.91. The van der Waals surface area contributed by atoms with Crippen molar-refractivity contribution in [2.24, 2.45) is 0 Å². The number of thioether (sulfide) groups is 1. The Labute approximate surface area is 114 Å². The van der Waals surface area contributed by atoms with Crippen LogP contribution in [0.2, 0.25) is 0 Å². The number of hydrogen-bond acceptors (Lipinski definition) is 3. The molecule has 0 spiro atoms. The van der Waals surface area contributed by atoms with E-state index >= 15 is 0 Å². The largest absolute Gasteiger partial charge is 0.478 e. The van der Waals surface area contributed by atoms with E-state index in [2.05, 4.69) is 4.98 Å². The minimum atomic E-state index is -1.04. The van der Waals surface area contributed by atoms with Crippen LogP contribution in [-0.2, 0) is 6.54 Å². The molecule has 2 rings (SSSR count). The van der Waals surface area contributed by atoms with Crippen molar-refractivity contribution in [3.05, 3.63) is 34.2 Å². The zero-order valence-electron chi connectivity index (χ0n) is 11.1. The molecule has 6 heteroatoms. The Hall–Kier alpha value is -1.69. The second-order valence-corrected chi connectivity index (χ2v) is 6.50. The van der Waals surface area contributed by atoms with Gasteiger partial charge in [0.2, 0.25) is 0 Å². The highest BCUT2D eigenvalue weighted by molar-refractivity contribution is 7.99. The molecule has 0 atom stereocenters. The van der Waals surface area contributed by atoms with Crippen LogP contribution in [-0.4, -0.2) is 31.6 Å². The summed E-state index contributed by atoms with van der Waals surface area (Å²) >= 11 is 1.66. The van der Waals surface area contributed by atoms with E-state index in [4.69, 9.17) is 5.11 Å². The number of aromatic amines is 1. The maximum Gasteiger partial charge on any atom is 0.337 e. The number of fused-ring (bicyclic) bond motifs is 1. The molecule has 0 saturated carbocycles. The van der Waals surface area contributed by atoms with Crippen molar-refractivity contribution in [3.63, 3.8) is 0 Å². The SMILES string of the molecule is CSC(C)(C)Cn1c(=O)[nH]c2c(C(=O)O)cccc21. The van der Waals surface area contributed by atoms with E-state index in [1.807, 2.05) is 20.1 Å². The Morgan fingerprint density at radius 2 is 2.16 bits per heavy atom. The predicted molar refractivity (Wildman–Crippen MR) is 77.1 cm³/mol. The first kappa shape index (κ1) is 13.7. The molecule has 0 aliphatic heterocycles. The molecular weight excluding hydrogens is 264 g/mol. The summed E-state index contributed by atoms with van der Waals surface area (Å²) in [7, 11) is 0. The molecule has 1 aromatic carbocycles. The number of hydrogen-bond donors (Lipinski definition) is 2. The molecule has 0 amide bonds. The van der Waals surface area contributed by atoms with Crippen LogP contribution in [0, 0.1) is 0 Å². The Bertz CT molecular complexity index is 685. The normalized spacial score (nSPS) is 11.9. The Morgan fingerprint density at radius 3 is 2.74 bits per heavy atom. The van der Waals surface area contributed by atoms with Gasteiger partial charge >= 0.3 is 11.7 Å². The molecule has 0 aliphatic rings. The van der Waals surface area contributed by atoms with Crippen molar-refractivity contribution in [1.29, 1.82) is 0 Å². The monoisotopic (exact) mass is 280 g/mol. The Balaban J connectivity index is 2.64. The first-order chi connectivity index (χ1) is 8.85. The van der Waals surface area contributed by atoms with E-state index in [-0.39, 0.29) is 16.0 Å². The minimum absolute atomic E-state index is 0.0990. The smallest absolute Gasteiger partial charge is 0.337 e. The highest BCUT2D eigenvalue weighted by atomic mass is 32.2. The molecule has 0 unspecified atom stereocenters. The van der Waals surface area contributed by atoms with Crippen molar-refractivity contribution >= 4 is 28.8 Å². The highest BCUT2D eigenvalue weighted by Crippen LogP contribution is 2.25. The first-order valence-electron chi connectivity index (χ1n) is 5.86. The van der Waals surface area contributed by atoms with Gasteiger partial charge in [-0.2, -0.15) is 11.8 Å². The molecule has 19 heavy (non-hydrogen) atoms. The van der Waals surface area contributed by atoms with Crippen molar-refractivity contribution in [2.75, 3.05) is 6.26 Å². The summed E-state index contributed by atoms with van der Waals surface area (Å²) in [6.45, 7) is 4.62. The summed E-state index contributed by atoms with van der Waals surface area (Å²) < 4.78 is 1.50. The van der Waals surface area contributed by atoms with Gasteiger partial charge in [0.05, 0.1) is 16.6 Å². The summed E-state index contributed by atoms with van der Waals surface area (Å²) in [6.07, 6.45) is 1.99. The molecule has 2 aromatic rings. The van der Waals surface area contributed by atoms with Crippen LogP contribution in [0.15, 0.2) is 23.0 Å². The number of benzene rings is 1. The average molecular weight is 280 g/mol. The van der Waals surface area contributed by atoms with Crippen LogP contribution in [0.4, 0.5) is 0 Å². The van der Waals surface area contributed by atoms with Crippen LogP contribution in [0.3, 0.4) is 0 Å². The Morgan fingerprint density at radius 1 is 1.47 bits per heavy atom. The van der Waals surface area contributed by atoms with Crippen molar-refractivity contribution in [2.45, 2.75) is 25.1 Å².